The molecule has 0 amide bonds. The number of rotatable bonds is 23. The van der Waals surface area contributed by atoms with Gasteiger partial charge < -0.3 is 0 Å². The van der Waals surface area contributed by atoms with Gasteiger partial charge in [0.15, 0.2) is 0 Å². The first kappa shape index (κ1) is 32.1. The summed E-state index contributed by atoms with van der Waals surface area (Å²) in [5.41, 5.74) is 0. The van der Waals surface area contributed by atoms with Gasteiger partial charge in [0.2, 0.25) is 0 Å². The molecule has 0 aromatic heterocycles. The Morgan fingerprint density at radius 2 is 0.655 bits per heavy atom. The van der Waals surface area contributed by atoms with E-state index in [1.807, 2.05) is 0 Å². The maximum absolute atomic E-state index is 10.6. The summed E-state index contributed by atoms with van der Waals surface area (Å²) in [7, 11) is -3.75. The molecule has 0 aromatic carbocycles. The number of hydrogen-bond donors (Lipinski definition) is 1. The van der Waals surface area contributed by atoms with Gasteiger partial charge >= 0.3 is 29.6 Å². The topological polar surface area (TPSA) is 54.4 Å². The van der Waals surface area contributed by atoms with Crippen molar-refractivity contribution >= 4 is 39.7 Å². The van der Waals surface area contributed by atoms with Crippen molar-refractivity contribution < 1.29 is 13.0 Å². The quantitative estimate of drug-likeness (QED) is 0.0996. The second-order valence-electron chi connectivity index (χ2n) is 8.71. The van der Waals surface area contributed by atoms with Crippen LogP contribution in [0.4, 0.5) is 0 Å². The van der Waals surface area contributed by atoms with E-state index in [0.717, 1.165) is 12.8 Å². The van der Waals surface area contributed by atoms with Gasteiger partial charge in [-0.25, -0.2) is 0 Å². The summed E-state index contributed by atoms with van der Waals surface area (Å²) in [6, 6.07) is 0. The third kappa shape index (κ3) is 31.2. The zero-order valence-corrected chi connectivity index (χ0v) is 19.8. The first-order valence-corrected chi connectivity index (χ1v) is 14.1. The first-order chi connectivity index (χ1) is 13.6. The van der Waals surface area contributed by atoms with Crippen molar-refractivity contribution in [2.45, 2.75) is 148 Å². The van der Waals surface area contributed by atoms with Gasteiger partial charge in [0.05, 0.1) is 5.75 Å². The van der Waals surface area contributed by atoms with E-state index in [-0.39, 0.29) is 35.3 Å². The van der Waals surface area contributed by atoms with Crippen molar-refractivity contribution in [2.24, 2.45) is 0 Å². The third-order valence-corrected chi connectivity index (χ3v) is 6.56. The molecule has 0 bridgehead atoms. The van der Waals surface area contributed by atoms with Crippen molar-refractivity contribution in [3.05, 3.63) is 0 Å². The first-order valence-electron chi connectivity index (χ1n) is 12.5. The van der Waals surface area contributed by atoms with Crippen molar-refractivity contribution in [3.63, 3.8) is 0 Å². The molecule has 0 rings (SSSR count). The van der Waals surface area contributed by atoms with Crippen LogP contribution in [0.3, 0.4) is 0 Å². The summed E-state index contributed by atoms with van der Waals surface area (Å²) < 4.78 is 29.8. The van der Waals surface area contributed by atoms with Crippen molar-refractivity contribution in [1.82, 2.24) is 0 Å². The molecule has 172 valence electrons. The van der Waals surface area contributed by atoms with Gasteiger partial charge in [-0.15, -0.1) is 0 Å². The summed E-state index contributed by atoms with van der Waals surface area (Å²) in [5.74, 6) is -0.0773. The average Bonchev–Trinajstić information content (AvgIpc) is 2.65. The summed E-state index contributed by atoms with van der Waals surface area (Å²) in [5, 5.41) is 0. The molecule has 0 saturated carbocycles. The number of hydrogen-bond acceptors (Lipinski definition) is 2. The molecule has 0 fully saturated rings. The second-order valence-corrected chi connectivity index (χ2v) is 10.3. The van der Waals surface area contributed by atoms with E-state index in [9.17, 15) is 8.42 Å². The van der Waals surface area contributed by atoms with Crippen molar-refractivity contribution in [3.8, 4) is 0 Å². The van der Waals surface area contributed by atoms with Gasteiger partial charge in [0.1, 0.15) is 0 Å². The fourth-order valence-electron chi connectivity index (χ4n) is 3.89. The predicted molar refractivity (Wildman–Crippen MR) is 131 cm³/mol. The number of unbranched alkanes of at least 4 members (excludes halogenated alkanes) is 21. The van der Waals surface area contributed by atoms with E-state index in [1.165, 1.54) is 122 Å². The van der Waals surface area contributed by atoms with Crippen LogP contribution in [0, 0.1) is 0 Å². The molecule has 0 atom stereocenters. The summed E-state index contributed by atoms with van der Waals surface area (Å²) in [6.45, 7) is 2.28. The summed E-state index contributed by atoms with van der Waals surface area (Å²) in [4.78, 5) is 0. The Balaban J connectivity index is 0. The van der Waals surface area contributed by atoms with Gasteiger partial charge in [-0.3, -0.25) is 4.55 Å². The van der Waals surface area contributed by atoms with E-state index < -0.39 is 10.1 Å². The standard InChI is InChI=1S/C24H50O3S.Na.H/c1-2-3-4-5-6-7-8-9-10-11-12-13-14-15-16-17-18-19-20-21-22-23-24-28(25,26)27;;/h2-24H2,1H3,(H,25,26,27);;. The fraction of sp³-hybridized carbons (Fsp3) is 1.00. The molecule has 1 N–H and O–H groups in total. The van der Waals surface area contributed by atoms with E-state index in [2.05, 4.69) is 6.92 Å². The van der Waals surface area contributed by atoms with Crippen molar-refractivity contribution in [2.75, 3.05) is 5.75 Å². The molecular weight excluding hydrogens is 391 g/mol. The van der Waals surface area contributed by atoms with Crippen LogP contribution in [-0.2, 0) is 10.1 Å². The van der Waals surface area contributed by atoms with Gasteiger partial charge in [-0.05, 0) is 6.42 Å². The maximum atomic E-state index is 10.6. The van der Waals surface area contributed by atoms with Crippen LogP contribution in [0.1, 0.15) is 148 Å². The van der Waals surface area contributed by atoms with E-state index in [4.69, 9.17) is 4.55 Å². The SMILES string of the molecule is CCCCCCCCCCCCCCCCCCCCCCCCS(=O)(=O)O.[NaH]. The van der Waals surface area contributed by atoms with E-state index in [0.29, 0.717) is 6.42 Å². The molecule has 0 aliphatic heterocycles. The molecule has 3 nitrogen and oxygen atoms in total. The van der Waals surface area contributed by atoms with Gasteiger partial charge in [0.25, 0.3) is 10.1 Å². The molecule has 0 aliphatic carbocycles. The van der Waals surface area contributed by atoms with Crippen LogP contribution in [-0.4, -0.2) is 48.3 Å². The normalized spacial score (nSPS) is 11.5. The molecule has 5 heteroatoms. The van der Waals surface area contributed by atoms with Crippen LogP contribution in [0.5, 0.6) is 0 Å². The molecule has 0 spiro atoms. The molecule has 0 unspecified atom stereocenters. The fourth-order valence-corrected chi connectivity index (χ4v) is 4.46. The van der Waals surface area contributed by atoms with Crippen LogP contribution >= 0.6 is 0 Å². The Morgan fingerprint density at radius 1 is 0.448 bits per heavy atom. The average molecular weight is 443 g/mol. The molecule has 0 radical (unpaired) electrons. The Bertz CT molecular complexity index is 399. The minimum atomic E-state index is -3.75. The molecule has 29 heavy (non-hydrogen) atoms. The zero-order valence-electron chi connectivity index (χ0n) is 18.9. The van der Waals surface area contributed by atoms with E-state index >= 15 is 0 Å². The van der Waals surface area contributed by atoms with E-state index in [1.54, 1.807) is 0 Å². The van der Waals surface area contributed by atoms with Crippen molar-refractivity contribution in [1.29, 1.82) is 0 Å². The Morgan fingerprint density at radius 3 is 0.862 bits per heavy atom. The third-order valence-electron chi connectivity index (χ3n) is 5.76. The molecule has 0 aromatic rings. The zero-order chi connectivity index (χ0) is 20.8. The molecular formula is C24H51NaO3S. The van der Waals surface area contributed by atoms with Crippen LogP contribution < -0.4 is 0 Å². The summed E-state index contributed by atoms with van der Waals surface area (Å²) >= 11 is 0. The molecule has 0 heterocycles. The molecule has 0 saturated heterocycles. The van der Waals surface area contributed by atoms with Gasteiger partial charge in [-0.1, -0.05) is 142 Å². The monoisotopic (exact) mass is 442 g/mol. The predicted octanol–water partition coefficient (Wildman–Crippen LogP) is 7.83. The Hall–Kier alpha value is 0.910. The van der Waals surface area contributed by atoms with Crippen LogP contribution in [0.2, 0.25) is 0 Å². The second kappa shape index (κ2) is 25.2. The Labute approximate surface area is 205 Å². The van der Waals surface area contributed by atoms with Gasteiger partial charge in [-0.2, -0.15) is 8.42 Å². The van der Waals surface area contributed by atoms with Crippen LogP contribution in [0.25, 0.3) is 0 Å². The Kier molecular flexibility index (Phi) is 27.9. The summed E-state index contributed by atoms with van der Waals surface area (Å²) in [6.07, 6.45) is 29.1. The minimum absolute atomic E-state index is 0. The van der Waals surface area contributed by atoms with Crippen LogP contribution in [0.15, 0.2) is 0 Å². The van der Waals surface area contributed by atoms with Gasteiger partial charge in [0, 0.05) is 0 Å². The molecule has 0 aliphatic rings.